The van der Waals surface area contributed by atoms with Gasteiger partial charge in [0.25, 0.3) is 0 Å². The van der Waals surface area contributed by atoms with Crippen LogP contribution in [0.2, 0.25) is 5.02 Å². The number of ether oxygens (including phenoxy) is 2. The van der Waals surface area contributed by atoms with Crippen molar-refractivity contribution < 1.29 is 19.1 Å². The minimum atomic E-state index is -1.12. The zero-order valence-electron chi connectivity index (χ0n) is 18.8. The van der Waals surface area contributed by atoms with Crippen LogP contribution in [0, 0.1) is 5.92 Å². The number of esters is 2. The van der Waals surface area contributed by atoms with E-state index in [1.165, 1.54) is 0 Å². The van der Waals surface area contributed by atoms with Crippen LogP contribution >= 0.6 is 11.6 Å². The van der Waals surface area contributed by atoms with E-state index in [9.17, 15) is 9.59 Å². The standard InChI is InChI=1S/C27H28ClNO4/c1-3-32-26(30)25(27(31)33-4-2)24(20-15-17-21(28)18-16-20)19-29(22-11-7-5-8-12-22)23-13-9-6-10-14-23/h5-18,24-25H,3-4,19H2,1-2H3. The molecule has 0 spiro atoms. The molecule has 0 saturated carbocycles. The molecule has 3 aromatic rings. The fourth-order valence-corrected chi connectivity index (χ4v) is 3.90. The van der Waals surface area contributed by atoms with Crippen molar-refractivity contribution in [3.63, 3.8) is 0 Å². The summed E-state index contributed by atoms with van der Waals surface area (Å²) in [6.07, 6.45) is 0. The molecule has 3 aromatic carbocycles. The van der Waals surface area contributed by atoms with Crippen LogP contribution in [0.5, 0.6) is 0 Å². The number of carbonyl (C=O) groups is 2. The lowest BCUT2D eigenvalue weighted by molar-refractivity contribution is -0.162. The van der Waals surface area contributed by atoms with Crippen LogP contribution in [0.25, 0.3) is 0 Å². The summed E-state index contributed by atoms with van der Waals surface area (Å²) in [6, 6.07) is 26.9. The molecule has 0 N–H and O–H groups in total. The van der Waals surface area contributed by atoms with Crippen molar-refractivity contribution in [2.75, 3.05) is 24.7 Å². The molecule has 0 aliphatic carbocycles. The quantitative estimate of drug-likeness (QED) is 0.271. The van der Waals surface area contributed by atoms with E-state index >= 15 is 0 Å². The number of benzene rings is 3. The van der Waals surface area contributed by atoms with Gasteiger partial charge < -0.3 is 14.4 Å². The van der Waals surface area contributed by atoms with Gasteiger partial charge in [0.15, 0.2) is 5.92 Å². The number of nitrogens with zero attached hydrogens (tertiary/aromatic N) is 1. The summed E-state index contributed by atoms with van der Waals surface area (Å²) in [4.78, 5) is 28.1. The summed E-state index contributed by atoms with van der Waals surface area (Å²) in [5.41, 5.74) is 2.67. The first-order valence-electron chi connectivity index (χ1n) is 11.0. The third-order valence-corrected chi connectivity index (χ3v) is 5.55. The Morgan fingerprint density at radius 1 is 0.758 bits per heavy atom. The number of anilines is 2. The molecule has 6 heteroatoms. The second-order valence-corrected chi connectivity index (χ2v) is 7.86. The third-order valence-electron chi connectivity index (χ3n) is 5.30. The maximum atomic E-state index is 13.0. The Labute approximate surface area is 199 Å². The summed E-state index contributed by atoms with van der Waals surface area (Å²) in [5.74, 6) is -2.87. The Morgan fingerprint density at radius 2 is 1.21 bits per heavy atom. The highest BCUT2D eigenvalue weighted by Gasteiger charge is 2.39. The highest BCUT2D eigenvalue weighted by Crippen LogP contribution is 2.34. The Morgan fingerprint density at radius 3 is 1.64 bits per heavy atom. The molecule has 0 saturated heterocycles. The number of halogens is 1. The van der Waals surface area contributed by atoms with Gasteiger partial charge in [-0.05, 0) is 55.8 Å². The van der Waals surface area contributed by atoms with Gasteiger partial charge in [0.05, 0.1) is 13.2 Å². The zero-order valence-corrected chi connectivity index (χ0v) is 19.6. The molecule has 3 rings (SSSR count). The summed E-state index contributed by atoms with van der Waals surface area (Å²) in [5, 5.41) is 0.573. The lowest BCUT2D eigenvalue weighted by atomic mass is 9.85. The van der Waals surface area contributed by atoms with Gasteiger partial charge in [0.1, 0.15) is 0 Å². The minimum Gasteiger partial charge on any atom is -0.465 e. The highest BCUT2D eigenvalue weighted by atomic mass is 35.5. The number of hydrogen-bond donors (Lipinski definition) is 0. The van der Waals surface area contributed by atoms with Crippen LogP contribution < -0.4 is 4.90 Å². The Bertz CT molecular complexity index is 968. The van der Waals surface area contributed by atoms with E-state index in [0.29, 0.717) is 11.6 Å². The molecule has 0 bridgehead atoms. The zero-order chi connectivity index (χ0) is 23.6. The monoisotopic (exact) mass is 465 g/mol. The topological polar surface area (TPSA) is 55.8 Å². The van der Waals surface area contributed by atoms with Gasteiger partial charge in [-0.1, -0.05) is 60.1 Å². The van der Waals surface area contributed by atoms with E-state index in [2.05, 4.69) is 4.90 Å². The normalized spacial score (nSPS) is 11.6. The first-order chi connectivity index (χ1) is 16.0. The molecule has 172 valence electrons. The van der Waals surface area contributed by atoms with Crippen molar-refractivity contribution in [1.82, 2.24) is 0 Å². The van der Waals surface area contributed by atoms with Crippen molar-refractivity contribution in [3.8, 4) is 0 Å². The summed E-state index contributed by atoms with van der Waals surface area (Å²) < 4.78 is 10.6. The van der Waals surface area contributed by atoms with Crippen LogP contribution in [0.3, 0.4) is 0 Å². The number of carbonyl (C=O) groups excluding carboxylic acids is 2. The molecule has 0 amide bonds. The van der Waals surface area contributed by atoms with Gasteiger partial charge in [-0.15, -0.1) is 0 Å². The molecule has 1 atom stereocenters. The van der Waals surface area contributed by atoms with E-state index in [0.717, 1.165) is 16.9 Å². The van der Waals surface area contributed by atoms with Gasteiger partial charge >= 0.3 is 11.9 Å². The van der Waals surface area contributed by atoms with Crippen LogP contribution in [0.4, 0.5) is 11.4 Å². The van der Waals surface area contributed by atoms with Crippen LogP contribution in [0.1, 0.15) is 25.3 Å². The molecule has 0 aliphatic heterocycles. The molecular formula is C27H28ClNO4. The lowest BCUT2D eigenvalue weighted by Crippen LogP contribution is -2.38. The summed E-state index contributed by atoms with van der Waals surface area (Å²) in [7, 11) is 0. The van der Waals surface area contributed by atoms with Crippen LogP contribution in [0.15, 0.2) is 84.9 Å². The fourth-order valence-electron chi connectivity index (χ4n) is 3.77. The second-order valence-electron chi connectivity index (χ2n) is 7.42. The molecule has 0 radical (unpaired) electrons. The second kappa shape index (κ2) is 12.1. The molecule has 0 fully saturated rings. The van der Waals surface area contributed by atoms with E-state index in [-0.39, 0.29) is 13.2 Å². The highest BCUT2D eigenvalue weighted by molar-refractivity contribution is 6.30. The maximum Gasteiger partial charge on any atom is 0.321 e. The molecular weight excluding hydrogens is 438 g/mol. The Kier molecular flexibility index (Phi) is 8.90. The van der Waals surface area contributed by atoms with E-state index < -0.39 is 23.8 Å². The number of para-hydroxylation sites is 2. The smallest absolute Gasteiger partial charge is 0.321 e. The van der Waals surface area contributed by atoms with E-state index in [4.69, 9.17) is 21.1 Å². The molecule has 0 aromatic heterocycles. The molecule has 0 heterocycles. The lowest BCUT2D eigenvalue weighted by Gasteiger charge is -2.32. The van der Waals surface area contributed by atoms with E-state index in [1.54, 1.807) is 26.0 Å². The fraction of sp³-hybridized carbons (Fsp3) is 0.259. The minimum absolute atomic E-state index is 0.170. The predicted molar refractivity (Wildman–Crippen MR) is 131 cm³/mol. The van der Waals surface area contributed by atoms with Gasteiger partial charge in [-0.2, -0.15) is 0 Å². The summed E-state index contributed by atoms with van der Waals surface area (Å²) >= 11 is 6.12. The van der Waals surface area contributed by atoms with Crippen LogP contribution in [-0.4, -0.2) is 31.7 Å². The molecule has 1 unspecified atom stereocenters. The van der Waals surface area contributed by atoms with Crippen molar-refractivity contribution in [2.24, 2.45) is 5.92 Å². The van der Waals surface area contributed by atoms with Gasteiger partial charge in [-0.3, -0.25) is 9.59 Å². The van der Waals surface area contributed by atoms with Gasteiger partial charge in [0, 0.05) is 28.9 Å². The van der Waals surface area contributed by atoms with E-state index in [1.807, 2.05) is 72.8 Å². The largest absolute Gasteiger partial charge is 0.465 e. The first kappa shape index (κ1) is 24.3. The predicted octanol–water partition coefficient (Wildman–Crippen LogP) is 6.00. The van der Waals surface area contributed by atoms with Gasteiger partial charge in [-0.25, -0.2) is 0 Å². The van der Waals surface area contributed by atoms with Crippen molar-refractivity contribution in [2.45, 2.75) is 19.8 Å². The average molecular weight is 466 g/mol. The van der Waals surface area contributed by atoms with Gasteiger partial charge in [0.2, 0.25) is 0 Å². The Balaban J connectivity index is 2.11. The molecule has 5 nitrogen and oxygen atoms in total. The maximum absolute atomic E-state index is 13.0. The number of hydrogen-bond acceptors (Lipinski definition) is 5. The average Bonchev–Trinajstić information content (AvgIpc) is 2.83. The van der Waals surface area contributed by atoms with Crippen LogP contribution in [-0.2, 0) is 19.1 Å². The van der Waals surface area contributed by atoms with Crippen molar-refractivity contribution >= 4 is 34.9 Å². The first-order valence-corrected chi connectivity index (χ1v) is 11.4. The third kappa shape index (κ3) is 6.36. The van der Waals surface area contributed by atoms with Crippen molar-refractivity contribution in [3.05, 3.63) is 95.5 Å². The van der Waals surface area contributed by atoms with Crippen molar-refractivity contribution in [1.29, 1.82) is 0 Å². The summed E-state index contributed by atoms with van der Waals surface area (Å²) in [6.45, 7) is 4.12. The molecule has 33 heavy (non-hydrogen) atoms. The SMILES string of the molecule is CCOC(=O)C(C(=O)OCC)C(CN(c1ccccc1)c1ccccc1)c1ccc(Cl)cc1. The molecule has 0 aliphatic rings. The Hall–Kier alpha value is -3.31. The number of rotatable bonds is 10.